The highest BCUT2D eigenvalue weighted by Crippen LogP contribution is 2.22. The Hall–Kier alpha value is -1.97. The van der Waals surface area contributed by atoms with Crippen molar-refractivity contribution in [2.75, 3.05) is 14.1 Å². The number of nitrogens with one attached hydrogen (secondary N) is 2. The number of carbonyl (C=O) groups excluding carboxylic acids is 2. The molecule has 0 saturated heterocycles. The van der Waals surface area contributed by atoms with Gasteiger partial charge in [0.05, 0.1) is 10.0 Å². The minimum absolute atomic E-state index is 0.244. The largest absolute Gasteiger partial charge is 0.277 e. The lowest BCUT2D eigenvalue weighted by molar-refractivity contribution is -0.132. The first-order valence-corrected chi connectivity index (χ1v) is 10.8. The normalized spacial score (nSPS) is 10.3. The van der Waals surface area contributed by atoms with Crippen molar-refractivity contribution in [2.45, 2.75) is 13.3 Å². The molecule has 0 saturated carbocycles. The van der Waals surface area contributed by atoms with E-state index >= 15 is 0 Å². The van der Waals surface area contributed by atoms with E-state index in [1.807, 2.05) is 19.1 Å². The number of rotatable bonds is 4. The number of hydrogen-bond acceptors (Lipinski definition) is 4. The van der Waals surface area contributed by atoms with Crippen LogP contribution in [0, 0.1) is 6.92 Å². The molecule has 2 rings (SSSR count). The van der Waals surface area contributed by atoms with E-state index in [0.717, 1.165) is 5.56 Å². The summed E-state index contributed by atoms with van der Waals surface area (Å²) in [6.45, 7) is 1.91. The Bertz CT molecular complexity index is 968. The van der Waals surface area contributed by atoms with Crippen molar-refractivity contribution in [1.29, 1.82) is 0 Å². The summed E-state index contributed by atoms with van der Waals surface area (Å²) < 4.78 is 0. The Kier molecular flexibility index (Phi) is 9.02. The first-order chi connectivity index (χ1) is 14.5. The zero-order chi connectivity index (χ0) is 23.3. The van der Waals surface area contributed by atoms with Crippen LogP contribution in [0.5, 0.6) is 0 Å². The van der Waals surface area contributed by atoms with Crippen molar-refractivity contribution in [2.24, 2.45) is 0 Å². The van der Waals surface area contributed by atoms with Crippen LogP contribution in [0.25, 0.3) is 0 Å². The Balaban J connectivity index is 1.93. The Morgan fingerprint density at radius 2 is 1.29 bits per heavy atom. The maximum atomic E-state index is 12.3. The monoisotopic (exact) mass is 516 g/mol. The predicted octanol–water partition coefficient (Wildman–Crippen LogP) is 4.32. The lowest BCUT2D eigenvalue weighted by Gasteiger charge is -2.23. The third-order valence-corrected chi connectivity index (χ3v) is 5.91. The number of hydrogen-bond donors (Lipinski definition) is 2. The smallest absolute Gasteiger partial charge is 0.248 e. The van der Waals surface area contributed by atoms with Crippen LogP contribution >= 0.6 is 59.2 Å². The van der Waals surface area contributed by atoms with E-state index in [-0.39, 0.29) is 4.99 Å². The van der Waals surface area contributed by atoms with Gasteiger partial charge < -0.3 is 0 Å². The van der Waals surface area contributed by atoms with Crippen molar-refractivity contribution < 1.29 is 9.59 Å². The van der Waals surface area contributed by atoms with E-state index in [9.17, 15) is 9.59 Å². The lowest BCUT2D eigenvalue weighted by Crippen LogP contribution is -2.47. The summed E-state index contributed by atoms with van der Waals surface area (Å²) in [5, 5.41) is 3.94. The molecule has 11 heteroatoms. The molecule has 2 aromatic rings. The highest BCUT2D eigenvalue weighted by Gasteiger charge is 2.18. The van der Waals surface area contributed by atoms with Crippen molar-refractivity contribution >= 4 is 81.0 Å². The number of amides is 2. The molecule has 0 unspecified atom stereocenters. The van der Waals surface area contributed by atoms with Crippen molar-refractivity contribution in [3.63, 3.8) is 0 Å². The molecule has 0 fully saturated rings. The number of nitrogens with zero attached hydrogens (tertiary/aromatic N) is 2. The highest BCUT2D eigenvalue weighted by molar-refractivity contribution is 7.81. The van der Waals surface area contributed by atoms with Gasteiger partial charge in [-0.2, -0.15) is 0 Å². The second-order valence-corrected chi connectivity index (χ2v) is 8.61. The van der Waals surface area contributed by atoms with Crippen molar-refractivity contribution in [3.8, 4) is 0 Å². The molecule has 0 radical (unpaired) electrons. The zero-order valence-corrected chi connectivity index (χ0v) is 20.7. The third-order valence-electron chi connectivity index (χ3n) is 4.03. The Morgan fingerprint density at radius 1 is 0.839 bits per heavy atom. The minimum Gasteiger partial charge on any atom is -0.277 e. The van der Waals surface area contributed by atoms with E-state index in [2.05, 4.69) is 10.9 Å². The van der Waals surface area contributed by atoms with Gasteiger partial charge in [-0.15, -0.1) is 0 Å². The van der Waals surface area contributed by atoms with E-state index in [4.69, 9.17) is 59.2 Å². The number of carbonyl (C=O) groups is 2. The van der Waals surface area contributed by atoms with Crippen molar-refractivity contribution in [3.05, 3.63) is 68.2 Å². The summed E-state index contributed by atoms with van der Waals surface area (Å²) in [6, 6.07) is 10.2. The fraction of sp³-hybridized carbons (Fsp3) is 0.200. The maximum absolute atomic E-state index is 12.3. The van der Waals surface area contributed by atoms with E-state index in [0.29, 0.717) is 31.2 Å². The molecule has 2 N–H and O–H groups in total. The van der Waals surface area contributed by atoms with Crippen LogP contribution in [0.4, 0.5) is 0 Å². The van der Waals surface area contributed by atoms with Crippen LogP contribution in [0.3, 0.4) is 0 Å². The summed E-state index contributed by atoms with van der Waals surface area (Å²) in [7, 11) is 3.11. The van der Waals surface area contributed by atoms with Gasteiger partial charge in [-0.05, 0) is 37.3 Å². The Labute approximate surface area is 206 Å². The van der Waals surface area contributed by atoms with Crippen molar-refractivity contribution in [1.82, 2.24) is 20.9 Å². The van der Waals surface area contributed by atoms with Gasteiger partial charge in [0.2, 0.25) is 11.8 Å². The molecular formula is C20H19Cl3N4O2S2. The van der Waals surface area contributed by atoms with Gasteiger partial charge in [-0.3, -0.25) is 30.5 Å². The SMILES string of the molecule is Cc1ccc(Cl)c(C(=S)N(C)NC(=O)CC(=O)NN(C)C(=S)c2cc(Cl)ccc2Cl)c1. The second-order valence-electron chi connectivity index (χ2n) is 6.58. The first-order valence-electron chi connectivity index (χ1n) is 8.86. The van der Waals surface area contributed by atoms with Gasteiger partial charge in [-0.25, -0.2) is 0 Å². The summed E-state index contributed by atoms with van der Waals surface area (Å²) in [5.74, 6) is -1.14. The molecular weight excluding hydrogens is 499 g/mol. The van der Waals surface area contributed by atoms with Gasteiger partial charge in [0.15, 0.2) is 0 Å². The van der Waals surface area contributed by atoms with Gasteiger partial charge in [0, 0.05) is 30.2 Å². The molecule has 31 heavy (non-hydrogen) atoms. The lowest BCUT2D eigenvalue weighted by atomic mass is 10.1. The molecule has 0 heterocycles. The van der Waals surface area contributed by atoms with Gasteiger partial charge in [0.25, 0.3) is 0 Å². The quantitative estimate of drug-likeness (QED) is 0.358. The van der Waals surface area contributed by atoms with Crippen LogP contribution in [-0.2, 0) is 9.59 Å². The molecule has 6 nitrogen and oxygen atoms in total. The molecule has 0 spiro atoms. The molecule has 0 aliphatic heterocycles. The highest BCUT2D eigenvalue weighted by atomic mass is 35.5. The van der Waals surface area contributed by atoms with Crippen LogP contribution in [0.1, 0.15) is 23.1 Å². The number of thiocarbonyl (C=S) groups is 2. The molecule has 2 amide bonds. The van der Waals surface area contributed by atoms with Crippen LogP contribution in [-0.4, -0.2) is 45.9 Å². The average Bonchev–Trinajstić information content (AvgIpc) is 2.70. The molecule has 164 valence electrons. The Morgan fingerprint density at radius 3 is 1.81 bits per heavy atom. The molecule has 0 bridgehead atoms. The van der Waals surface area contributed by atoms with Crippen LogP contribution < -0.4 is 10.9 Å². The van der Waals surface area contributed by atoms with E-state index < -0.39 is 18.2 Å². The number of aryl methyl sites for hydroxylation is 1. The number of halogens is 3. The summed E-state index contributed by atoms with van der Waals surface area (Å²) in [6.07, 6.45) is -0.454. The average molecular weight is 518 g/mol. The first kappa shape index (κ1) is 25.3. The summed E-state index contributed by atoms with van der Waals surface area (Å²) in [4.78, 5) is 25.1. The van der Waals surface area contributed by atoms with E-state index in [1.54, 1.807) is 31.3 Å². The summed E-state index contributed by atoms with van der Waals surface area (Å²) >= 11 is 29.0. The number of benzene rings is 2. The molecule has 0 aliphatic rings. The predicted molar refractivity (Wildman–Crippen MR) is 132 cm³/mol. The fourth-order valence-electron chi connectivity index (χ4n) is 2.53. The molecule has 0 atom stereocenters. The molecule has 0 aromatic heterocycles. The van der Waals surface area contributed by atoms with Crippen LogP contribution in [0.2, 0.25) is 15.1 Å². The zero-order valence-electron chi connectivity index (χ0n) is 16.8. The third kappa shape index (κ3) is 7.02. The second kappa shape index (κ2) is 11.1. The topological polar surface area (TPSA) is 64.7 Å². The van der Waals surface area contributed by atoms with E-state index in [1.165, 1.54) is 17.1 Å². The maximum Gasteiger partial charge on any atom is 0.248 e. The minimum atomic E-state index is -0.576. The molecule has 2 aromatic carbocycles. The fourth-order valence-corrected chi connectivity index (χ4v) is 3.65. The van der Waals surface area contributed by atoms with Gasteiger partial charge in [-0.1, -0.05) is 70.9 Å². The standard InChI is InChI=1S/C20H19Cl3N4O2S2/c1-11-4-6-15(22)13(8-11)19(30)26(2)24-17(28)10-18(29)25-27(3)20(31)14-9-12(21)5-7-16(14)23/h4-9H,10H2,1-3H3,(H,24,28)(H,25,29). The summed E-state index contributed by atoms with van der Waals surface area (Å²) in [5.41, 5.74) is 7.13. The van der Waals surface area contributed by atoms with Gasteiger partial charge in [0.1, 0.15) is 16.4 Å². The molecule has 0 aliphatic carbocycles. The van der Waals surface area contributed by atoms with Crippen LogP contribution in [0.15, 0.2) is 36.4 Å². The van der Waals surface area contributed by atoms with Gasteiger partial charge >= 0.3 is 0 Å². The number of hydrazine groups is 2.